The highest BCUT2D eigenvalue weighted by atomic mass is 32.3. The highest BCUT2D eigenvalue weighted by molar-refractivity contribution is 7.81. The standard InChI is InChI=1S/C6H12O5S/c1-2-5-10-12(8,9)11-6-3-4-7/h2,7H,1,3-6H2. The van der Waals surface area contributed by atoms with Crippen LogP contribution in [0.1, 0.15) is 6.42 Å². The van der Waals surface area contributed by atoms with E-state index in [4.69, 9.17) is 5.11 Å². The van der Waals surface area contributed by atoms with Crippen LogP contribution in [0.15, 0.2) is 12.7 Å². The fraction of sp³-hybridized carbons (Fsp3) is 0.667. The summed E-state index contributed by atoms with van der Waals surface area (Å²) in [7, 11) is -3.90. The summed E-state index contributed by atoms with van der Waals surface area (Å²) in [5.74, 6) is 0. The molecular weight excluding hydrogens is 184 g/mol. The maximum Gasteiger partial charge on any atom is 0.400 e. The molecule has 0 aliphatic rings. The van der Waals surface area contributed by atoms with Gasteiger partial charge in [0.2, 0.25) is 0 Å². The average Bonchev–Trinajstić information content (AvgIpc) is 2.01. The van der Waals surface area contributed by atoms with Crippen molar-refractivity contribution in [1.82, 2.24) is 0 Å². The third-order valence-corrected chi connectivity index (χ3v) is 1.74. The Morgan fingerprint density at radius 3 is 2.58 bits per heavy atom. The van der Waals surface area contributed by atoms with Crippen molar-refractivity contribution in [2.45, 2.75) is 6.42 Å². The third-order valence-electron chi connectivity index (χ3n) is 0.860. The molecule has 0 aromatic carbocycles. The van der Waals surface area contributed by atoms with Crippen LogP contribution in [0.2, 0.25) is 0 Å². The van der Waals surface area contributed by atoms with E-state index in [2.05, 4.69) is 14.9 Å². The molecule has 0 aliphatic heterocycles. The molecule has 0 unspecified atom stereocenters. The summed E-state index contributed by atoms with van der Waals surface area (Å²) in [5.41, 5.74) is 0. The molecule has 0 atom stereocenters. The van der Waals surface area contributed by atoms with Gasteiger partial charge in [-0.25, -0.2) is 8.37 Å². The lowest BCUT2D eigenvalue weighted by Gasteiger charge is -2.02. The van der Waals surface area contributed by atoms with Gasteiger partial charge in [-0.1, -0.05) is 6.08 Å². The summed E-state index contributed by atoms with van der Waals surface area (Å²) in [4.78, 5) is 0. The summed E-state index contributed by atoms with van der Waals surface area (Å²) in [5, 5.41) is 8.31. The molecule has 1 N–H and O–H groups in total. The average molecular weight is 196 g/mol. The van der Waals surface area contributed by atoms with E-state index in [0.29, 0.717) is 0 Å². The number of aliphatic hydroxyl groups excluding tert-OH is 1. The molecule has 0 saturated carbocycles. The zero-order valence-corrected chi connectivity index (χ0v) is 7.42. The molecule has 6 heteroatoms. The highest BCUT2D eigenvalue weighted by Gasteiger charge is 2.09. The van der Waals surface area contributed by atoms with Gasteiger partial charge in [-0.05, 0) is 6.42 Å². The second-order valence-electron chi connectivity index (χ2n) is 1.88. The molecule has 12 heavy (non-hydrogen) atoms. The Labute approximate surface area is 71.9 Å². The van der Waals surface area contributed by atoms with Gasteiger partial charge < -0.3 is 5.11 Å². The lowest BCUT2D eigenvalue weighted by atomic mass is 10.5. The first-order valence-corrected chi connectivity index (χ1v) is 4.71. The van der Waals surface area contributed by atoms with Gasteiger partial charge in [0.25, 0.3) is 0 Å². The minimum absolute atomic E-state index is 0.0734. The summed E-state index contributed by atoms with van der Waals surface area (Å²) < 4.78 is 30.0. The second kappa shape index (κ2) is 6.13. The minimum Gasteiger partial charge on any atom is -0.396 e. The SMILES string of the molecule is C=CCOS(=O)(=O)OCCCO. The van der Waals surface area contributed by atoms with Crippen LogP contribution in [-0.4, -0.2) is 33.3 Å². The molecule has 0 bridgehead atoms. The molecule has 0 aromatic rings. The van der Waals surface area contributed by atoms with Crippen molar-refractivity contribution in [3.05, 3.63) is 12.7 Å². The van der Waals surface area contributed by atoms with Crippen molar-refractivity contribution in [3.8, 4) is 0 Å². The molecule has 0 saturated heterocycles. The lowest BCUT2D eigenvalue weighted by Crippen LogP contribution is -2.11. The Bertz CT molecular complexity index is 208. The molecule has 72 valence electrons. The lowest BCUT2D eigenvalue weighted by molar-refractivity contribution is 0.201. The predicted molar refractivity (Wildman–Crippen MR) is 42.7 cm³/mol. The van der Waals surface area contributed by atoms with Gasteiger partial charge in [0, 0.05) is 6.61 Å². The van der Waals surface area contributed by atoms with E-state index in [-0.39, 0.29) is 26.2 Å². The molecule has 0 rings (SSSR count). The molecule has 0 fully saturated rings. The fourth-order valence-corrected chi connectivity index (χ4v) is 1.04. The summed E-state index contributed by atoms with van der Waals surface area (Å²) in [6, 6.07) is 0. The van der Waals surface area contributed by atoms with E-state index in [9.17, 15) is 8.42 Å². The fourth-order valence-electron chi connectivity index (χ4n) is 0.391. The molecule has 5 nitrogen and oxygen atoms in total. The van der Waals surface area contributed by atoms with Gasteiger partial charge in [0.15, 0.2) is 0 Å². The molecule has 0 aliphatic carbocycles. The maximum absolute atomic E-state index is 10.7. The van der Waals surface area contributed by atoms with Crippen molar-refractivity contribution >= 4 is 10.4 Å². The van der Waals surface area contributed by atoms with E-state index in [1.807, 2.05) is 0 Å². The summed E-state index contributed by atoms with van der Waals surface area (Å²) in [6.45, 7) is 2.98. The number of rotatable bonds is 7. The maximum atomic E-state index is 10.7. The molecular formula is C6H12O5S. The first-order chi connectivity index (χ1) is 5.62. The Morgan fingerprint density at radius 2 is 2.08 bits per heavy atom. The van der Waals surface area contributed by atoms with E-state index in [0.717, 1.165) is 0 Å². The molecule has 0 aromatic heterocycles. The van der Waals surface area contributed by atoms with Gasteiger partial charge in [-0.3, -0.25) is 0 Å². The van der Waals surface area contributed by atoms with Crippen LogP contribution in [0.4, 0.5) is 0 Å². The van der Waals surface area contributed by atoms with Crippen molar-refractivity contribution in [2.24, 2.45) is 0 Å². The summed E-state index contributed by atoms with van der Waals surface area (Å²) in [6.07, 6.45) is 1.56. The van der Waals surface area contributed by atoms with Gasteiger partial charge in [0.05, 0.1) is 13.2 Å². The topological polar surface area (TPSA) is 72.8 Å². The quantitative estimate of drug-likeness (QED) is 0.452. The van der Waals surface area contributed by atoms with Crippen molar-refractivity contribution < 1.29 is 21.9 Å². The number of hydrogen-bond donors (Lipinski definition) is 1. The first-order valence-electron chi connectivity index (χ1n) is 3.38. The normalized spacial score (nSPS) is 11.4. The van der Waals surface area contributed by atoms with Crippen molar-refractivity contribution in [2.75, 3.05) is 19.8 Å². The van der Waals surface area contributed by atoms with E-state index in [1.165, 1.54) is 6.08 Å². The summed E-state index contributed by atoms with van der Waals surface area (Å²) >= 11 is 0. The molecule has 0 heterocycles. The number of aliphatic hydroxyl groups is 1. The van der Waals surface area contributed by atoms with Crippen molar-refractivity contribution in [3.63, 3.8) is 0 Å². The second-order valence-corrected chi connectivity index (χ2v) is 3.17. The van der Waals surface area contributed by atoms with Gasteiger partial charge >= 0.3 is 10.4 Å². The van der Waals surface area contributed by atoms with Crippen LogP contribution in [0.5, 0.6) is 0 Å². The molecule has 0 amide bonds. The van der Waals surface area contributed by atoms with E-state index >= 15 is 0 Å². The first kappa shape index (κ1) is 11.6. The van der Waals surface area contributed by atoms with Crippen LogP contribution in [0.3, 0.4) is 0 Å². The Balaban J connectivity index is 3.64. The Kier molecular flexibility index (Phi) is 5.91. The monoisotopic (exact) mass is 196 g/mol. The predicted octanol–water partition coefficient (Wildman–Crippen LogP) is -0.167. The van der Waals surface area contributed by atoms with Crippen LogP contribution >= 0.6 is 0 Å². The highest BCUT2D eigenvalue weighted by Crippen LogP contribution is 1.96. The Morgan fingerprint density at radius 1 is 1.42 bits per heavy atom. The third kappa shape index (κ3) is 6.29. The smallest absolute Gasteiger partial charge is 0.396 e. The largest absolute Gasteiger partial charge is 0.400 e. The van der Waals surface area contributed by atoms with E-state index in [1.54, 1.807) is 0 Å². The molecule has 0 spiro atoms. The van der Waals surface area contributed by atoms with Gasteiger partial charge in [-0.2, -0.15) is 8.42 Å². The molecule has 0 radical (unpaired) electrons. The van der Waals surface area contributed by atoms with Crippen molar-refractivity contribution in [1.29, 1.82) is 0 Å². The van der Waals surface area contributed by atoms with Gasteiger partial charge in [-0.15, -0.1) is 6.58 Å². The van der Waals surface area contributed by atoms with Crippen LogP contribution in [-0.2, 0) is 18.8 Å². The van der Waals surface area contributed by atoms with Crippen LogP contribution < -0.4 is 0 Å². The van der Waals surface area contributed by atoms with Crippen LogP contribution in [0.25, 0.3) is 0 Å². The zero-order valence-electron chi connectivity index (χ0n) is 6.60. The Hall–Kier alpha value is -0.430. The minimum atomic E-state index is -3.90. The van der Waals surface area contributed by atoms with Crippen LogP contribution in [0, 0.1) is 0 Å². The van der Waals surface area contributed by atoms with Gasteiger partial charge in [0.1, 0.15) is 0 Å². The number of hydrogen-bond acceptors (Lipinski definition) is 5. The zero-order chi connectivity index (χ0) is 9.45. The van der Waals surface area contributed by atoms with E-state index < -0.39 is 10.4 Å².